The van der Waals surface area contributed by atoms with E-state index in [1.807, 2.05) is 24.3 Å². The SMILES string of the molecule is O=C(O)/C=C/CNC(=O)CC1(CNC(=O)OCC2c3ccccc3-c3ccccc32)CCC1. The Morgan fingerprint density at radius 2 is 1.64 bits per heavy atom. The number of aliphatic carboxylic acids is 1. The third-order valence-corrected chi connectivity index (χ3v) is 6.58. The van der Waals surface area contributed by atoms with Crippen molar-refractivity contribution < 1.29 is 24.2 Å². The van der Waals surface area contributed by atoms with Gasteiger partial charge in [-0.15, -0.1) is 0 Å². The number of benzene rings is 2. The first-order valence-electron chi connectivity index (χ1n) is 11.2. The standard InChI is InChI=1S/C26H28N2O5/c29-23(27-14-5-11-24(30)31)15-26(12-6-13-26)17-28-25(32)33-16-22-20-9-3-1-7-18(20)19-8-2-4-10-21(19)22/h1-5,7-11,22H,6,12-17H2,(H,27,29)(H,28,32)(H,30,31)/b11-5+. The van der Waals surface area contributed by atoms with Gasteiger partial charge in [-0.2, -0.15) is 0 Å². The van der Waals surface area contributed by atoms with E-state index in [9.17, 15) is 14.4 Å². The van der Waals surface area contributed by atoms with Crippen LogP contribution in [0.3, 0.4) is 0 Å². The average Bonchev–Trinajstić information content (AvgIpc) is 3.10. The van der Waals surface area contributed by atoms with E-state index in [0.29, 0.717) is 6.54 Å². The molecule has 7 nitrogen and oxygen atoms in total. The number of nitrogens with one attached hydrogen (secondary N) is 2. The highest BCUT2D eigenvalue weighted by molar-refractivity contribution is 5.81. The van der Waals surface area contributed by atoms with Crippen LogP contribution in [0.1, 0.15) is 42.7 Å². The van der Waals surface area contributed by atoms with Crippen LogP contribution in [0.4, 0.5) is 4.79 Å². The van der Waals surface area contributed by atoms with Crippen molar-refractivity contribution >= 4 is 18.0 Å². The Bertz CT molecular complexity index is 1030. The monoisotopic (exact) mass is 448 g/mol. The van der Waals surface area contributed by atoms with Crippen molar-refractivity contribution in [3.05, 3.63) is 71.8 Å². The summed E-state index contributed by atoms with van der Waals surface area (Å²) in [6.45, 7) is 0.798. The number of amides is 2. The summed E-state index contributed by atoms with van der Waals surface area (Å²) < 4.78 is 5.60. The molecule has 2 aromatic rings. The van der Waals surface area contributed by atoms with Gasteiger partial charge in [0.2, 0.25) is 5.91 Å². The van der Waals surface area contributed by atoms with Crippen LogP contribution in [0.5, 0.6) is 0 Å². The molecule has 4 rings (SSSR count). The predicted octanol–water partition coefficient (Wildman–Crippen LogP) is 3.84. The lowest BCUT2D eigenvalue weighted by Crippen LogP contribution is -2.45. The lowest BCUT2D eigenvalue weighted by molar-refractivity contribution is -0.131. The van der Waals surface area contributed by atoms with Crippen LogP contribution >= 0.6 is 0 Å². The molecule has 0 saturated heterocycles. The molecule has 0 radical (unpaired) electrons. The molecule has 0 atom stereocenters. The van der Waals surface area contributed by atoms with E-state index in [1.165, 1.54) is 17.2 Å². The summed E-state index contributed by atoms with van der Waals surface area (Å²) >= 11 is 0. The second kappa shape index (κ2) is 9.90. The van der Waals surface area contributed by atoms with Crippen LogP contribution in [0.2, 0.25) is 0 Å². The van der Waals surface area contributed by atoms with Crippen molar-refractivity contribution in [2.75, 3.05) is 19.7 Å². The fourth-order valence-electron chi connectivity index (χ4n) is 4.74. The van der Waals surface area contributed by atoms with E-state index < -0.39 is 12.1 Å². The molecule has 2 aliphatic rings. The quantitative estimate of drug-likeness (QED) is 0.506. The number of alkyl carbamates (subject to hydrolysis) is 1. The minimum atomic E-state index is -1.05. The Hall–Kier alpha value is -3.61. The topological polar surface area (TPSA) is 105 Å². The van der Waals surface area contributed by atoms with Crippen LogP contribution in [-0.2, 0) is 14.3 Å². The molecule has 0 bridgehead atoms. The molecule has 33 heavy (non-hydrogen) atoms. The van der Waals surface area contributed by atoms with Gasteiger partial charge in [-0.3, -0.25) is 4.79 Å². The summed E-state index contributed by atoms with van der Waals surface area (Å²) in [5.41, 5.74) is 4.41. The van der Waals surface area contributed by atoms with Crippen LogP contribution in [0, 0.1) is 5.41 Å². The summed E-state index contributed by atoms with van der Waals surface area (Å²) in [5.74, 6) is -1.20. The number of carboxylic acid groups (broad SMARTS) is 1. The Labute approximate surface area is 192 Å². The van der Waals surface area contributed by atoms with Crippen LogP contribution in [0.25, 0.3) is 11.1 Å². The molecule has 0 unspecified atom stereocenters. The number of hydrogen-bond donors (Lipinski definition) is 3. The molecule has 0 spiro atoms. The third kappa shape index (κ3) is 5.25. The maximum absolute atomic E-state index is 12.5. The number of hydrogen-bond acceptors (Lipinski definition) is 4. The largest absolute Gasteiger partial charge is 0.478 e. The highest BCUT2D eigenvalue weighted by Gasteiger charge is 2.39. The zero-order valence-corrected chi connectivity index (χ0v) is 18.4. The zero-order chi connectivity index (χ0) is 23.3. The van der Waals surface area contributed by atoms with Gasteiger partial charge >= 0.3 is 12.1 Å². The van der Waals surface area contributed by atoms with E-state index >= 15 is 0 Å². The number of fused-ring (bicyclic) bond motifs is 3. The first-order chi connectivity index (χ1) is 16.0. The normalized spacial score (nSPS) is 15.9. The minimum absolute atomic E-state index is 0.00504. The van der Waals surface area contributed by atoms with Crippen LogP contribution in [0.15, 0.2) is 60.7 Å². The molecule has 3 N–H and O–H groups in total. The van der Waals surface area contributed by atoms with Crippen molar-refractivity contribution in [1.82, 2.24) is 10.6 Å². The van der Waals surface area contributed by atoms with E-state index in [-0.39, 0.29) is 36.8 Å². The molecule has 0 aliphatic heterocycles. The Balaban J connectivity index is 1.28. The van der Waals surface area contributed by atoms with E-state index in [4.69, 9.17) is 9.84 Å². The third-order valence-electron chi connectivity index (χ3n) is 6.58. The van der Waals surface area contributed by atoms with Gasteiger partial charge in [0.15, 0.2) is 0 Å². The van der Waals surface area contributed by atoms with E-state index in [1.54, 1.807) is 0 Å². The maximum atomic E-state index is 12.5. The van der Waals surface area contributed by atoms with Crippen LogP contribution < -0.4 is 10.6 Å². The molecule has 172 valence electrons. The van der Waals surface area contributed by atoms with Gasteiger partial charge < -0.3 is 20.5 Å². The smallest absolute Gasteiger partial charge is 0.407 e. The van der Waals surface area contributed by atoms with Crippen molar-refractivity contribution in [3.63, 3.8) is 0 Å². The van der Waals surface area contributed by atoms with Gasteiger partial charge in [0, 0.05) is 31.5 Å². The van der Waals surface area contributed by atoms with Gasteiger partial charge in [-0.25, -0.2) is 9.59 Å². The second-order valence-corrected chi connectivity index (χ2v) is 8.75. The van der Waals surface area contributed by atoms with E-state index in [2.05, 4.69) is 34.9 Å². The van der Waals surface area contributed by atoms with Crippen molar-refractivity contribution in [1.29, 1.82) is 0 Å². The van der Waals surface area contributed by atoms with Gasteiger partial charge in [0.1, 0.15) is 6.61 Å². The molecule has 1 fully saturated rings. The minimum Gasteiger partial charge on any atom is -0.478 e. The number of carboxylic acids is 1. The molecule has 0 heterocycles. The molecule has 1 saturated carbocycles. The molecule has 7 heteroatoms. The highest BCUT2D eigenvalue weighted by atomic mass is 16.5. The fraction of sp³-hybridized carbons (Fsp3) is 0.346. The number of carbonyl (C=O) groups excluding carboxylic acids is 2. The van der Waals surface area contributed by atoms with Gasteiger partial charge in [-0.1, -0.05) is 61.0 Å². The first kappa shape index (κ1) is 22.6. The fourth-order valence-corrected chi connectivity index (χ4v) is 4.74. The highest BCUT2D eigenvalue weighted by Crippen LogP contribution is 2.45. The summed E-state index contributed by atoms with van der Waals surface area (Å²) in [6.07, 6.45) is 4.92. The number of ether oxygens (including phenoxy) is 1. The molecule has 0 aromatic heterocycles. The Kier molecular flexibility index (Phi) is 6.77. The molecule has 2 aromatic carbocycles. The van der Waals surface area contributed by atoms with E-state index in [0.717, 1.165) is 36.5 Å². The molecular formula is C26H28N2O5. The van der Waals surface area contributed by atoms with Crippen LogP contribution in [-0.4, -0.2) is 42.8 Å². The second-order valence-electron chi connectivity index (χ2n) is 8.75. The first-order valence-corrected chi connectivity index (χ1v) is 11.2. The van der Waals surface area contributed by atoms with Crippen molar-refractivity contribution in [2.24, 2.45) is 5.41 Å². The maximum Gasteiger partial charge on any atom is 0.407 e. The summed E-state index contributed by atoms with van der Waals surface area (Å²) in [5, 5.41) is 14.1. The summed E-state index contributed by atoms with van der Waals surface area (Å²) in [7, 11) is 0. The molecular weight excluding hydrogens is 420 g/mol. The Morgan fingerprint density at radius 1 is 1.00 bits per heavy atom. The van der Waals surface area contributed by atoms with Gasteiger partial charge in [-0.05, 0) is 40.5 Å². The van der Waals surface area contributed by atoms with Gasteiger partial charge in [0.25, 0.3) is 0 Å². The van der Waals surface area contributed by atoms with Crippen molar-refractivity contribution in [2.45, 2.75) is 31.6 Å². The number of carbonyl (C=O) groups is 3. The molecule has 2 aliphatic carbocycles. The lowest BCUT2D eigenvalue weighted by Gasteiger charge is -2.41. The summed E-state index contributed by atoms with van der Waals surface area (Å²) in [6, 6.07) is 16.4. The molecule has 2 amide bonds. The Morgan fingerprint density at radius 3 is 2.21 bits per heavy atom. The average molecular weight is 449 g/mol. The zero-order valence-electron chi connectivity index (χ0n) is 18.4. The van der Waals surface area contributed by atoms with Gasteiger partial charge in [0.05, 0.1) is 0 Å². The van der Waals surface area contributed by atoms with Crippen molar-refractivity contribution in [3.8, 4) is 11.1 Å². The summed E-state index contributed by atoms with van der Waals surface area (Å²) in [4.78, 5) is 35.2. The lowest BCUT2D eigenvalue weighted by atomic mass is 9.66. The predicted molar refractivity (Wildman–Crippen MR) is 124 cm³/mol. The number of rotatable bonds is 9.